The minimum absolute atomic E-state index is 0.0759. The number of ketones is 1. The van der Waals surface area contributed by atoms with Gasteiger partial charge in [-0.05, 0) is 62.0 Å². The van der Waals surface area contributed by atoms with Gasteiger partial charge in [0.15, 0.2) is 0 Å². The van der Waals surface area contributed by atoms with Crippen molar-refractivity contribution in [2.45, 2.75) is 19.9 Å². The van der Waals surface area contributed by atoms with Crippen molar-refractivity contribution in [2.24, 2.45) is 5.92 Å². The lowest BCUT2D eigenvalue weighted by molar-refractivity contribution is -0.140. The van der Waals surface area contributed by atoms with E-state index in [1.807, 2.05) is 19.0 Å². The van der Waals surface area contributed by atoms with Crippen LogP contribution in [0.15, 0.2) is 54.1 Å². The maximum atomic E-state index is 13.0. The summed E-state index contributed by atoms with van der Waals surface area (Å²) in [4.78, 5) is 29.3. The average molecular weight is 457 g/mol. The second-order valence-electron chi connectivity index (χ2n) is 8.58. The van der Waals surface area contributed by atoms with E-state index in [1.165, 1.54) is 4.90 Å². The minimum Gasteiger partial charge on any atom is -0.507 e. The first kappa shape index (κ1) is 23.8. The third-order valence-electron chi connectivity index (χ3n) is 5.22. The fourth-order valence-electron chi connectivity index (χ4n) is 3.54. The van der Waals surface area contributed by atoms with E-state index >= 15 is 0 Å². The molecular weight excluding hydrogens is 428 g/mol. The van der Waals surface area contributed by atoms with Crippen LogP contribution in [0.3, 0.4) is 0 Å². The predicted octanol–water partition coefficient (Wildman–Crippen LogP) is 4.36. The highest BCUT2D eigenvalue weighted by molar-refractivity contribution is 6.46. The summed E-state index contributed by atoms with van der Waals surface area (Å²) in [5, 5.41) is 11.7. The maximum absolute atomic E-state index is 13.0. The third-order valence-corrected chi connectivity index (χ3v) is 5.48. The van der Waals surface area contributed by atoms with Gasteiger partial charge in [0.1, 0.15) is 11.5 Å². The molecule has 1 aliphatic heterocycles. The Morgan fingerprint density at radius 2 is 1.72 bits per heavy atom. The monoisotopic (exact) mass is 456 g/mol. The first-order valence-corrected chi connectivity index (χ1v) is 11.0. The molecule has 6 nitrogen and oxygen atoms in total. The van der Waals surface area contributed by atoms with Crippen LogP contribution in [0, 0.1) is 5.92 Å². The fourth-order valence-corrected chi connectivity index (χ4v) is 3.66. The number of carbonyl (C=O) groups is 2. The normalized spacial score (nSPS) is 18.1. The Morgan fingerprint density at radius 1 is 1.09 bits per heavy atom. The van der Waals surface area contributed by atoms with Crippen molar-refractivity contribution in [3.05, 3.63) is 70.3 Å². The highest BCUT2D eigenvalue weighted by Gasteiger charge is 2.45. The molecule has 0 radical (unpaired) electrons. The molecule has 0 saturated carbocycles. The van der Waals surface area contributed by atoms with E-state index in [0.717, 1.165) is 0 Å². The van der Waals surface area contributed by atoms with E-state index in [9.17, 15) is 14.7 Å². The summed E-state index contributed by atoms with van der Waals surface area (Å²) in [6, 6.07) is 13.2. The van der Waals surface area contributed by atoms with Gasteiger partial charge in [-0.1, -0.05) is 37.6 Å². The lowest BCUT2D eigenvalue weighted by atomic mass is 9.95. The first-order chi connectivity index (χ1) is 15.2. The van der Waals surface area contributed by atoms with Gasteiger partial charge in [0.05, 0.1) is 18.2 Å². The van der Waals surface area contributed by atoms with Crippen LogP contribution in [0.2, 0.25) is 5.02 Å². The van der Waals surface area contributed by atoms with Crippen molar-refractivity contribution in [1.29, 1.82) is 0 Å². The van der Waals surface area contributed by atoms with E-state index in [0.29, 0.717) is 47.5 Å². The second-order valence-corrected chi connectivity index (χ2v) is 9.01. The molecule has 1 saturated heterocycles. The molecule has 0 spiro atoms. The Hall–Kier alpha value is -2.83. The predicted molar refractivity (Wildman–Crippen MR) is 126 cm³/mol. The summed E-state index contributed by atoms with van der Waals surface area (Å²) < 4.78 is 5.69. The van der Waals surface area contributed by atoms with Gasteiger partial charge in [-0.25, -0.2) is 0 Å². The Labute approximate surface area is 194 Å². The van der Waals surface area contributed by atoms with E-state index in [4.69, 9.17) is 16.3 Å². The molecule has 3 rings (SSSR count). The van der Waals surface area contributed by atoms with Crippen LogP contribution in [0.4, 0.5) is 0 Å². The lowest BCUT2D eigenvalue weighted by Crippen LogP contribution is -2.35. The number of ether oxygens (including phenoxy) is 1. The van der Waals surface area contributed by atoms with Crippen molar-refractivity contribution in [3.8, 4) is 5.75 Å². The summed E-state index contributed by atoms with van der Waals surface area (Å²) in [6.45, 7) is 5.64. The molecule has 32 heavy (non-hydrogen) atoms. The van der Waals surface area contributed by atoms with Gasteiger partial charge in [-0.15, -0.1) is 0 Å². The molecule has 0 unspecified atom stereocenters. The van der Waals surface area contributed by atoms with Crippen molar-refractivity contribution in [3.63, 3.8) is 0 Å². The van der Waals surface area contributed by atoms with Crippen molar-refractivity contribution < 1.29 is 19.4 Å². The van der Waals surface area contributed by atoms with Crippen molar-refractivity contribution in [1.82, 2.24) is 9.80 Å². The number of hydrogen-bond acceptors (Lipinski definition) is 5. The lowest BCUT2D eigenvalue weighted by Gasteiger charge is -2.26. The Balaban J connectivity index is 2.02. The van der Waals surface area contributed by atoms with Crippen LogP contribution >= 0.6 is 11.6 Å². The number of aliphatic hydroxyl groups is 1. The molecule has 2 aromatic rings. The van der Waals surface area contributed by atoms with Crippen LogP contribution in [0.1, 0.15) is 31.0 Å². The molecule has 1 aliphatic rings. The van der Waals surface area contributed by atoms with Gasteiger partial charge in [-0.3, -0.25) is 9.59 Å². The smallest absolute Gasteiger partial charge is 0.295 e. The summed E-state index contributed by atoms with van der Waals surface area (Å²) in [5.74, 6) is -0.450. The standard InChI is InChI=1S/C25H29ClN2O4/c1-16(2)15-32-20-11-7-18(8-12-20)23(29)21-22(17-5-9-19(26)10-6-17)28(14-13-27(3)4)25(31)24(21)30/h5-12,16,22,29H,13-15H2,1-4H3/t22-/m1/s1. The number of hydrogen-bond donors (Lipinski definition) is 1. The third kappa shape index (κ3) is 5.31. The van der Waals surface area contributed by atoms with Crippen LogP contribution in [-0.4, -0.2) is 60.4 Å². The zero-order valence-corrected chi connectivity index (χ0v) is 19.6. The molecule has 0 bridgehead atoms. The molecular formula is C25H29ClN2O4. The molecule has 7 heteroatoms. The Kier molecular flexibility index (Phi) is 7.59. The number of benzene rings is 2. The van der Waals surface area contributed by atoms with Gasteiger partial charge in [0.25, 0.3) is 11.7 Å². The SMILES string of the molecule is CC(C)COc1ccc(C(O)=C2C(=O)C(=O)N(CCN(C)C)[C@@H]2c2ccc(Cl)cc2)cc1. The molecule has 170 valence electrons. The Morgan fingerprint density at radius 3 is 2.28 bits per heavy atom. The van der Waals surface area contributed by atoms with E-state index in [-0.39, 0.29) is 11.3 Å². The van der Waals surface area contributed by atoms with Gasteiger partial charge in [0, 0.05) is 23.7 Å². The molecule has 0 aromatic heterocycles. The number of likely N-dealkylation sites (tertiary alicyclic amines) is 1. The summed E-state index contributed by atoms with van der Waals surface area (Å²) >= 11 is 6.04. The second kappa shape index (κ2) is 10.2. The maximum Gasteiger partial charge on any atom is 0.295 e. The summed E-state index contributed by atoms with van der Waals surface area (Å²) in [5.41, 5.74) is 1.24. The van der Waals surface area contributed by atoms with Gasteiger partial charge >= 0.3 is 0 Å². The van der Waals surface area contributed by atoms with Gasteiger partial charge in [-0.2, -0.15) is 0 Å². The first-order valence-electron chi connectivity index (χ1n) is 10.6. The fraction of sp³-hybridized carbons (Fsp3) is 0.360. The van der Waals surface area contributed by atoms with Crippen molar-refractivity contribution in [2.75, 3.05) is 33.8 Å². The molecule has 0 aliphatic carbocycles. The molecule has 2 aromatic carbocycles. The molecule has 1 atom stereocenters. The number of rotatable bonds is 8. The number of halogens is 1. The number of carbonyl (C=O) groups excluding carboxylic acids is 2. The Bertz CT molecular complexity index is 998. The van der Waals surface area contributed by atoms with E-state index in [1.54, 1.807) is 48.5 Å². The number of likely N-dealkylation sites (N-methyl/N-ethyl adjacent to an activating group) is 1. The zero-order valence-electron chi connectivity index (χ0n) is 18.8. The summed E-state index contributed by atoms with van der Waals surface area (Å²) in [7, 11) is 3.80. The van der Waals surface area contributed by atoms with Gasteiger partial charge < -0.3 is 19.6 Å². The van der Waals surface area contributed by atoms with E-state index < -0.39 is 17.7 Å². The largest absolute Gasteiger partial charge is 0.507 e. The number of Topliss-reactive ketones (excluding diaryl/α,β-unsaturated/α-hetero) is 1. The highest BCUT2D eigenvalue weighted by Crippen LogP contribution is 2.39. The van der Waals surface area contributed by atoms with Crippen LogP contribution < -0.4 is 4.74 Å². The molecule has 1 fully saturated rings. The van der Waals surface area contributed by atoms with Crippen molar-refractivity contribution >= 4 is 29.1 Å². The molecule has 1 N–H and O–H groups in total. The van der Waals surface area contributed by atoms with E-state index in [2.05, 4.69) is 13.8 Å². The highest BCUT2D eigenvalue weighted by atomic mass is 35.5. The minimum atomic E-state index is -0.693. The zero-order chi connectivity index (χ0) is 23.4. The number of aliphatic hydroxyl groups excluding tert-OH is 1. The average Bonchev–Trinajstić information content (AvgIpc) is 3.01. The summed E-state index contributed by atoms with van der Waals surface area (Å²) in [6.07, 6.45) is 0. The quantitative estimate of drug-likeness (QED) is 0.363. The van der Waals surface area contributed by atoms with Crippen LogP contribution in [0.5, 0.6) is 5.75 Å². The van der Waals surface area contributed by atoms with Crippen LogP contribution in [-0.2, 0) is 9.59 Å². The van der Waals surface area contributed by atoms with Gasteiger partial charge in [0.2, 0.25) is 0 Å². The molecule has 1 heterocycles. The van der Waals surface area contributed by atoms with Crippen LogP contribution in [0.25, 0.3) is 5.76 Å². The number of nitrogens with zero attached hydrogens (tertiary/aromatic N) is 2. The molecule has 1 amide bonds. The number of amides is 1. The topological polar surface area (TPSA) is 70.1 Å².